The largest absolute Gasteiger partial charge is 0.493 e. The first-order valence-corrected chi connectivity index (χ1v) is 7.79. The van der Waals surface area contributed by atoms with Crippen LogP contribution in [0.15, 0.2) is 60.7 Å². The van der Waals surface area contributed by atoms with E-state index < -0.39 is 29.8 Å². The van der Waals surface area contributed by atoms with Crippen LogP contribution in [-0.2, 0) is 15.2 Å². The number of benzene rings is 2. The van der Waals surface area contributed by atoms with Crippen molar-refractivity contribution in [2.75, 3.05) is 0 Å². The summed E-state index contributed by atoms with van der Waals surface area (Å²) in [6.45, 7) is 1.22. The third-order valence-electron chi connectivity index (χ3n) is 4.01. The average molecular weight is 382 g/mol. The van der Waals surface area contributed by atoms with Crippen LogP contribution in [0.3, 0.4) is 0 Å². The Morgan fingerprint density at radius 3 is 1.74 bits per heavy atom. The molecule has 2 amide bonds. The second kappa shape index (κ2) is 7.67. The molecule has 6 nitrogen and oxygen atoms in total. The van der Waals surface area contributed by atoms with Gasteiger partial charge in [-0.25, -0.2) is 9.59 Å². The molecular formula is C18H17F3N2O4. The molecule has 0 heterocycles. The summed E-state index contributed by atoms with van der Waals surface area (Å²) in [4.78, 5) is 27.1. The second-order valence-corrected chi connectivity index (χ2v) is 5.71. The molecule has 0 fully saturated rings. The molecule has 2 aromatic rings. The van der Waals surface area contributed by atoms with Gasteiger partial charge in [-0.2, -0.15) is 13.2 Å². The molecule has 0 aliphatic rings. The van der Waals surface area contributed by atoms with E-state index in [2.05, 4.69) is 4.84 Å². The number of halogens is 3. The minimum atomic E-state index is -5.34. The van der Waals surface area contributed by atoms with Crippen molar-refractivity contribution in [2.24, 2.45) is 5.73 Å². The Balaban J connectivity index is 2.54. The lowest BCUT2D eigenvalue weighted by Crippen LogP contribution is -2.55. The maximum atomic E-state index is 12.6. The molecule has 0 spiro atoms. The number of carbonyl (C=O) groups excluding carboxylic acids is 2. The van der Waals surface area contributed by atoms with E-state index in [0.717, 1.165) is 0 Å². The third kappa shape index (κ3) is 4.20. The molecular weight excluding hydrogens is 365 g/mol. The van der Waals surface area contributed by atoms with E-state index in [-0.39, 0.29) is 16.2 Å². The Morgan fingerprint density at radius 2 is 1.41 bits per heavy atom. The summed E-state index contributed by atoms with van der Waals surface area (Å²) in [5.41, 5.74) is 3.63. The van der Waals surface area contributed by atoms with E-state index in [9.17, 15) is 27.9 Å². The fraction of sp³-hybridized carbons (Fsp3) is 0.222. The van der Waals surface area contributed by atoms with Crippen LogP contribution >= 0.6 is 0 Å². The monoisotopic (exact) mass is 382 g/mol. The average Bonchev–Trinajstić information content (AvgIpc) is 2.65. The smallest absolute Gasteiger partial charge is 0.378 e. The number of nitrogens with zero attached hydrogens (tertiary/aromatic N) is 1. The maximum absolute atomic E-state index is 12.6. The zero-order valence-electron chi connectivity index (χ0n) is 14.2. The molecule has 0 unspecified atom stereocenters. The lowest BCUT2D eigenvalue weighted by Gasteiger charge is -2.39. The zero-order chi connectivity index (χ0) is 20.2. The minimum absolute atomic E-state index is 0.0236. The van der Waals surface area contributed by atoms with Gasteiger partial charge in [0.1, 0.15) is 11.6 Å². The van der Waals surface area contributed by atoms with Gasteiger partial charge in [-0.15, -0.1) is 5.06 Å². The lowest BCUT2D eigenvalue weighted by atomic mass is 9.80. The predicted octanol–water partition coefficient (Wildman–Crippen LogP) is 2.71. The van der Waals surface area contributed by atoms with Crippen LogP contribution in [0.2, 0.25) is 0 Å². The highest BCUT2D eigenvalue weighted by molar-refractivity contribution is 5.79. The van der Waals surface area contributed by atoms with Crippen LogP contribution in [0.25, 0.3) is 0 Å². The molecule has 0 bridgehead atoms. The molecule has 1 atom stereocenters. The number of primary amides is 1. The predicted molar refractivity (Wildman–Crippen MR) is 88.9 cm³/mol. The highest BCUT2D eigenvalue weighted by atomic mass is 19.4. The lowest BCUT2D eigenvalue weighted by molar-refractivity contribution is -0.240. The summed E-state index contributed by atoms with van der Waals surface area (Å²) in [7, 11) is 0. The van der Waals surface area contributed by atoms with Gasteiger partial charge in [-0.1, -0.05) is 60.7 Å². The Labute approximate surface area is 152 Å². The first kappa shape index (κ1) is 20.2. The van der Waals surface area contributed by atoms with Gasteiger partial charge in [-0.3, -0.25) is 0 Å². The molecule has 27 heavy (non-hydrogen) atoms. The van der Waals surface area contributed by atoms with Crippen molar-refractivity contribution in [1.29, 1.82) is 0 Å². The fourth-order valence-corrected chi connectivity index (χ4v) is 2.66. The van der Waals surface area contributed by atoms with Gasteiger partial charge < -0.3 is 15.7 Å². The van der Waals surface area contributed by atoms with Crippen LogP contribution in [0.4, 0.5) is 18.0 Å². The van der Waals surface area contributed by atoms with Gasteiger partial charge in [0.15, 0.2) is 0 Å². The van der Waals surface area contributed by atoms with E-state index in [4.69, 9.17) is 5.73 Å². The number of amides is 2. The van der Waals surface area contributed by atoms with Crippen molar-refractivity contribution < 1.29 is 32.7 Å². The van der Waals surface area contributed by atoms with E-state index in [1.807, 2.05) is 0 Å². The van der Waals surface area contributed by atoms with Gasteiger partial charge in [0.05, 0.1) is 0 Å². The fourth-order valence-electron chi connectivity index (χ4n) is 2.66. The molecule has 0 radical (unpaired) electrons. The van der Waals surface area contributed by atoms with Crippen molar-refractivity contribution in [3.05, 3.63) is 71.8 Å². The van der Waals surface area contributed by atoms with Crippen molar-refractivity contribution in [3.63, 3.8) is 0 Å². The molecule has 0 saturated carbocycles. The van der Waals surface area contributed by atoms with Crippen LogP contribution in [0, 0.1) is 0 Å². The van der Waals surface area contributed by atoms with E-state index in [1.54, 1.807) is 36.4 Å². The Morgan fingerprint density at radius 1 is 1.00 bits per heavy atom. The standard InChI is InChI=1S/C18H17F3N2O4/c1-12(23(16(22)25)27-15(24)18(19,20)21)17(26,13-8-4-2-5-9-13)14-10-6-3-7-11-14/h2-12,26H,1H3,(H2,22,25)/t12-/m1/s1. The molecule has 0 aliphatic heterocycles. The second-order valence-electron chi connectivity index (χ2n) is 5.71. The number of aliphatic hydroxyl groups is 1. The maximum Gasteiger partial charge on any atom is 0.493 e. The summed E-state index contributed by atoms with van der Waals surface area (Å²) < 4.78 is 37.7. The van der Waals surface area contributed by atoms with Gasteiger partial charge in [0, 0.05) is 0 Å². The first-order chi connectivity index (χ1) is 12.6. The van der Waals surface area contributed by atoms with Crippen LogP contribution < -0.4 is 5.73 Å². The van der Waals surface area contributed by atoms with Gasteiger partial charge >= 0.3 is 18.2 Å². The molecule has 9 heteroatoms. The van der Waals surface area contributed by atoms with E-state index in [0.29, 0.717) is 0 Å². The van der Waals surface area contributed by atoms with Crippen molar-refractivity contribution in [3.8, 4) is 0 Å². The van der Waals surface area contributed by atoms with Crippen molar-refractivity contribution in [2.45, 2.75) is 24.7 Å². The first-order valence-electron chi connectivity index (χ1n) is 7.79. The Hall–Kier alpha value is -3.07. The van der Waals surface area contributed by atoms with E-state index >= 15 is 0 Å². The quantitative estimate of drug-likeness (QED) is 0.796. The van der Waals surface area contributed by atoms with Gasteiger partial charge in [0.2, 0.25) is 0 Å². The number of urea groups is 1. The number of hydrogen-bond acceptors (Lipinski definition) is 4. The SMILES string of the molecule is C[C@@H](N(OC(=O)C(F)(F)F)C(N)=O)C(O)(c1ccccc1)c1ccccc1. The molecule has 3 N–H and O–H groups in total. The summed E-state index contributed by atoms with van der Waals surface area (Å²) >= 11 is 0. The van der Waals surface area contributed by atoms with Crippen LogP contribution in [-0.4, -0.2) is 34.4 Å². The van der Waals surface area contributed by atoms with Gasteiger partial charge in [-0.05, 0) is 18.1 Å². The van der Waals surface area contributed by atoms with Crippen LogP contribution in [0.5, 0.6) is 0 Å². The Bertz CT molecular complexity index is 758. The van der Waals surface area contributed by atoms with Crippen molar-refractivity contribution in [1.82, 2.24) is 5.06 Å². The van der Waals surface area contributed by atoms with Crippen molar-refractivity contribution >= 4 is 12.0 Å². The number of carbonyl (C=O) groups is 2. The number of hydrogen-bond donors (Lipinski definition) is 2. The minimum Gasteiger partial charge on any atom is -0.378 e. The highest BCUT2D eigenvalue weighted by Crippen LogP contribution is 2.36. The molecule has 144 valence electrons. The molecule has 0 saturated heterocycles. The number of rotatable bonds is 4. The Kier molecular flexibility index (Phi) is 5.75. The van der Waals surface area contributed by atoms with Gasteiger partial charge in [0.25, 0.3) is 0 Å². The van der Waals surface area contributed by atoms with Crippen LogP contribution in [0.1, 0.15) is 18.1 Å². The zero-order valence-corrected chi connectivity index (χ0v) is 14.2. The molecule has 0 aromatic heterocycles. The summed E-state index contributed by atoms with van der Waals surface area (Å²) in [5, 5.41) is 11.5. The molecule has 2 aromatic carbocycles. The molecule has 0 aliphatic carbocycles. The number of alkyl halides is 3. The molecule has 2 rings (SSSR count). The summed E-state index contributed by atoms with van der Waals surface area (Å²) in [6, 6.07) is 12.9. The highest BCUT2D eigenvalue weighted by Gasteiger charge is 2.48. The normalized spacial score (nSPS) is 12.9. The van der Waals surface area contributed by atoms with E-state index in [1.165, 1.54) is 31.2 Å². The number of nitrogens with two attached hydrogens (primary N) is 1. The topological polar surface area (TPSA) is 92.9 Å². The summed E-state index contributed by atoms with van der Waals surface area (Å²) in [6.07, 6.45) is -5.34. The summed E-state index contributed by atoms with van der Waals surface area (Å²) in [5.74, 6) is -2.63. The third-order valence-corrected chi connectivity index (χ3v) is 4.01. The number of hydroxylamine groups is 2.